The van der Waals surface area contributed by atoms with Crippen molar-refractivity contribution in [1.82, 2.24) is 9.88 Å². The summed E-state index contributed by atoms with van der Waals surface area (Å²) < 4.78 is 5.39. The van der Waals surface area contributed by atoms with Crippen molar-refractivity contribution in [3.8, 4) is 0 Å². The molecule has 2 heterocycles. The Kier molecular flexibility index (Phi) is 3.43. The molecule has 1 aliphatic rings. The maximum absolute atomic E-state index is 12.3. The molecule has 5 nitrogen and oxygen atoms in total. The fourth-order valence-corrected chi connectivity index (χ4v) is 2.80. The summed E-state index contributed by atoms with van der Waals surface area (Å²) >= 11 is 0. The molecule has 1 aliphatic heterocycles. The van der Waals surface area contributed by atoms with Crippen molar-refractivity contribution in [2.24, 2.45) is 0 Å². The van der Waals surface area contributed by atoms with E-state index in [0.717, 1.165) is 16.5 Å². The lowest BCUT2D eigenvalue weighted by Crippen LogP contribution is -2.41. The standard InChI is InChI=1S/C17H20N2O3/c1-17(2,3)22-16(21)19-9-8-11-12-6-4-5-7-14(12)18-15(20)13(11)10-19/h4-7H,8-10H2,1-3H3,(H,18,20). The number of para-hydroxylation sites is 1. The molecule has 0 fully saturated rings. The zero-order valence-electron chi connectivity index (χ0n) is 13.1. The molecule has 0 unspecified atom stereocenters. The highest BCUT2D eigenvalue weighted by molar-refractivity contribution is 5.83. The lowest BCUT2D eigenvalue weighted by atomic mass is 9.97. The topological polar surface area (TPSA) is 62.4 Å². The molecular weight excluding hydrogens is 280 g/mol. The van der Waals surface area contributed by atoms with Gasteiger partial charge in [-0.1, -0.05) is 18.2 Å². The molecule has 1 aromatic carbocycles. The number of amides is 1. The molecule has 0 spiro atoms. The number of fused-ring (bicyclic) bond motifs is 3. The average molecular weight is 300 g/mol. The summed E-state index contributed by atoms with van der Waals surface area (Å²) in [6.45, 7) is 6.37. The average Bonchev–Trinajstić information content (AvgIpc) is 2.45. The SMILES string of the molecule is CC(C)(C)OC(=O)N1CCc2c(c(=O)[nH]c3ccccc23)C1. The van der Waals surface area contributed by atoms with E-state index in [4.69, 9.17) is 4.74 Å². The van der Waals surface area contributed by atoms with Crippen molar-refractivity contribution in [3.63, 3.8) is 0 Å². The van der Waals surface area contributed by atoms with Crippen LogP contribution in [0, 0.1) is 0 Å². The predicted octanol–water partition coefficient (Wildman–Crippen LogP) is 2.82. The molecule has 116 valence electrons. The molecule has 22 heavy (non-hydrogen) atoms. The summed E-state index contributed by atoms with van der Waals surface area (Å²) in [4.78, 5) is 29.0. The van der Waals surface area contributed by atoms with Crippen LogP contribution >= 0.6 is 0 Å². The van der Waals surface area contributed by atoms with Crippen LogP contribution in [0.3, 0.4) is 0 Å². The maximum Gasteiger partial charge on any atom is 0.410 e. The monoisotopic (exact) mass is 300 g/mol. The molecule has 5 heteroatoms. The van der Waals surface area contributed by atoms with Crippen LogP contribution in [-0.2, 0) is 17.7 Å². The number of benzene rings is 1. The van der Waals surface area contributed by atoms with Crippen LogP contribution in [0.5, 0.6) is 0 Å². The van der Waals surface area contributed by atoms with Gasteiger partial charge in [0.05, 0.1) is 6.54 Å². The van der Waals surface area contributed by atoms with Crippen LogP contribution < -0.4 is 5.56 Å². The fourth-order valence-electron chi connectivity index (χ4n) is 2.80. The summed E-state index contributed by atoms with van der Waals surface area (Å²) in [5.74, 6) is 0. The van der Waals surface area contributed by atoms with Gasteiger partial charge in [-0.15, -0.1) is 0 Å². The van der Waals surface area contributed by atoms with Crippen LogP contribution in [0.4, 0.5) is 4.79 Å². The van der Waals surface area contributed by atoms with E-state index in [1.807, 2.05) is 45.0 Å². The van der Waals surface area contributed by atoms with Crippen molar-refractivity contribution in [1.29, 1.82) is 0 Å². The molecule has 1 N–H and O–H groups in total. The Morgan fingerprint density at radius 2 is 1.95 bits per heavy atom. The number of hydrogen-bond donors (Lipinski definition) is 1. The molecule has 1 aromatic heterocycles. The number of rotatable bonds is 0. The van der Waals surface area contributed by atoms with Crippen LogP contribution in [0.25, 0.3) is 10.9 Å². The van der Waals surface area contributed by atoms with Crippen molar-refractivity contribution < 1.29 is 9.53 Å². The molecule has 3 rings (SSSR count). The Morgan fingerprint density at radius 1 is 1.23 bits per heavy atom. The first-order chi connectivity index (χ1) is 10.3. The highest BCUT2D eigenvalue weighted by atomic mass is 16.6. The number of pyridine rings is 1. The number of carbonyl (C=O) groups excluding carboxylic acids is 1. The smallest absolute Gasteiger partial charge is 0.410 e. The maximum atomic E-state index is 12.3. The van der Waals surface area contributed by atoms with Gasteiger partial charge in [-0.25, -0.2) is 4.79 Å². The van der Waals surface area contributed by atoms with Crippen LogP contribution in [0.1, 0.15) is 31.9 Å². The summed E-state index contributed by atoms with van der Waals surface area (Å²) in [6.07, 6.45) is 0.296. The molecule has 0 aliphatic carbocycles. The largest absolute Gasteiger partial charge is 0.444 e. The van der Waals surface area contributed by atoms with E-state index in [9.17, 15) is 9.59 Å². The van der Waals surface area contributed by atoms with Crippen LogP contribution in [0.15, 0.2) is 29.1 Å². The van der Waals surface area contributed by atoms with Crippen molar-refractivity contribution in [2.45, 2.75) is 39.3 Å². The van der Waals surface area contributed by atoms with E-state index in [1.165, 1.54) is 0 Å². The molecule has 0 saturated carbocycles. The van der Waals surface area contributed by atoms with Crippen molar-refractivity contribution >= 4 is 17.0 Å². The highest BCUT2D eigenvalue weighted by Gasteiger charge is 2.28. The minimum absolute atomic E-state index is 0.123. The number of hydrogen-bond acceptors (Lipinski definition) is 3. The van der Waals surface area contributed by atoms with E-state index >= 15 is 0 Å². The predicted molar refractivity (Wildman–Crippen MR) is 84.9 cm³/mol. The molecule has 0 bridgehead atoms. The van der Waals surface area contributed by atoms with E-state index in [0.29, 0.717) is 25.1 Å². The second-order valence-corrected chi connectivity index (χ2v) is 6.61. The number of carbonyl (C=O) groups is 1. The molecular formula is C17H20N2O3. The summed E-state index contributed by atoms with van der Waals surface area (Å²) in [5.41, 5.74) is 1.89. The molecule has 2 aromatic rings. The summed E-state index contributed by atoms with van der Waals surface area (Å²) in [5, 5.41) is 1.06. The number of aromatic amines is 1. The molecule has 0 atom stereocenters. The Bertz CT molecular complexity index is 787. The Labute approximate surface area is 128 Å². The van der Waals surface area contributed by atoms with Gasteiger partial charge >= 0.3 is 6.09 Å². The van der Waals surface area contributed by atoms with Gasteiger partial charge in [-0.05, 0) is 38.8 Å². The third kappa shape index (κ3) is 2.71. The third-order valence-electron chi connectivity index (χ3n) is 3.77. The molecule has 1 amide bonds. The zero-order valence-corrected chi connectivity index (χ0v) is 13.1. The zero-order chi connectivity index (χ0) is 15.9. The van der Waals surface area contributed by atoms with E-state index in [2.05, 4.69) is 4.98 Å². The molecule has 0 radical (unpaired) electrons. The van der Waals surface area contributed by atoms with Crippen LogP contribution in [-0.4, -0.2) is 28.1 Å². The van der Waals surface area contributed by atoms with E-state index in [1.54, 1.807) is 4.90 Å². The number of aromatic nitrogens is 1. The Balaban J connectivity index is 1.95. The first-order valence-corrected chi connectivity index (χ1v) is 7.46. The second-order valence-electron chi connectivity index (χ2n) is 6.61. The normalized spacial score (nSPS) is 14.8. The van der Waals surface area contributed by atoms with Gasteiger partial charge in [0, 0.05) is 23.0 Å². The number of nitrogens with zero attached hydrogens (tertiary/aromatic N) is 1. The first kappa shape index (κ1) is 14.6. The second kappa shape index (κ2) is 5.16. The van der Waals surface area contributed by atoms with Crippen molar-refractivity contribution in [2.75, 3.05) is 6.54 Å². The first-order valence-electron chi connectivity index (χ1n) is 7.46. The van der Waals surface area contributed by atoms with Gasteiger partial charge in [-0.2, -0.15) is 0 Å². The van der Waals surface area contributed by atoms with E-state index < -0.39 is 5.60 Å². The minimum atomic E-state index is -0.535. The summed E-state index contributed by atoms with van der Waals surface area (Å²) in [6, 6.07) is 7.77. The van der Waals surface area contributed by atoms with Gasteiger partial charge in [0.1, 0.15) is 5.60 Å². The molecule has 0 saturated heterocycles. The minimum Gasteiger partial charge on any atom is -0.444 e. The third-order valence-corrected chi connectivity index (χ3v) is 3.77. The van der Waals surface area contributed by atoms with Gasteiger partial charge in [-0.3, -0.25) is 4.79 Å². The van der Waals surface area contributed by atoms with Gasteiger partial charge in [0.25, 0.3) is 5.56 Å². The van der Waals surface area contributed by atoms with Gasteiger partial charge in [0.15, 0.2) is 0 Å². The number of ether oxygens (including phenoxy) is 1. The number of nitrogens with one attached hydrogen (secondary N) is 1. The Hall–Kier alpha value is -2.30. The Morgan fingerprint density at radius 3 is 2.68 bits per heavy atom. The summed E-state index contributed by atoms with van der Waals surface area (Å²) in [7, 11) is 0. The van der Waals surface area contributed by atoms with Crippen molar-refractivity contribution in [3.05, 3.63) is 45.7 Å². The number of H-pyrrole nitrogens is 1. The lowest BCUT2D eigenvalue weighted by molar-refractivity contribution is 0.0223. The van der Waals surface area contributed by atoms with Gasteiger partial charge in [0.2, 0.25) is 0 Å². The highest BCUT2D eigenvalue weighted by Crippen LogP contribution is 2.24. The van der Waals surface area contributed by atoms with Crippen LogP contribution in [0.2, 0.25) is 0 Å². The quantitative estimate of drug-likeness (QED) is 0.813. The van der Waals surface area contributed by atoms with E-state index in [-0.39, 0.29) is 11.7 Å². The lowest BCUT2D eigenvalue weighted by Gasteiger charge is -2.31. The fraction of sp³-hybridized carbons (Fsp3) is 0.412. The van der Waals surface area contributed by atoms with Gasteiger partial charge < -0.3 is 14.6 Å².